The van der Waals surface area contributed by atoms with Crippen LogP contribution in [0.5, 0.6) is 0 Å². The van der Waals surface area contributed by atoms with E-state index in [1.165, 1.54) is 12.1 Å². The first-order valence-corrected chi connectivity index (χ1v) is 8.48. The number of halogens is 3. The van der Waals surface area contributed by atoms with Crippen molar-refractivity contribution in [1.82, 2.24) is 5.32 Å². The van der Waals surface area contributed by atoms with Crippen LogP contribution < -0.4 is 11.1 Å². The minimum absolute atomic E-state index is 0.0623. The van der Waals surface area contributed by atoms with Crippen LogP contribution in [0.1, 0.15) is 56.1 Å². The Morgan fingerprint density at radius 3 is 2.46 bits per heavy atom. The van der Waals surface area contributed by atoms with Gasteiger partial charge in [-0.1, -0.05) is 31.9 Å². The second-order valence-electron chi connectivity index (χ2n) is 6.68. The Morgan fingerprint density at radius 1 is 1.25 bits per heavy atom. The molecule has 3 atom stereocenters. The molecule has 1 aromatic carbocycles. The summed E-state index contributed by atoms with van der Waals surface area (Å²) in [5.41, 5.74) is 5.83. The normalized spacial score (nSPS) is 22.9. The highest BCUT2D eigenvalue weighted by atomic mass is 19.4. The number of carbonyl (C=O) groups excluding carboxylic acids is 1. The van der Waals surface area contributed by atoms with Gasteiger partial charge in [0.1, 0.15) is 0 Å². The van der Waals surface area contributed by atoms with Gasteiger partial charge in [0.15, 0.2) is 0 Å². The molecule has 1 aliphatic carbocycles. The van der Waals surface area contributed by atoms with E-state index < -0.39 is 11.7 Å². The van der Waals surface area contributed by atoms with Crippen molar-refractivity contribution in [2.24, 2.45) is 11.7 Å². The number of hydrogen-bond donors (Lipinski definition) is 2. The molecule has 0 spiro atoms. The van der Waals surface area contributed by atoms with Gasteiger partial charge in [-0.3, -0.25) is 4.79 Å². The number of benzene rings is 1. The summed E-state index contributed by atoms with van der Waals surface area (Å²) in [5.74, 6) is 0.129. The molecule has 6 heteroatoms. The lowest BCUT2D eigenvalue weighted by molar-refractivity contribution is -0.137. The van der Waals surface area contributed by atoms with Gasteiger partial charge in [-0.15, -0.1) is 0 Å². The fraction of sp³-hybridized carbons (Fsp3) is 0.611. The summed E-state index contributed by atoms with van der Waals surface area (Å²) in [6.07, 6.45) is 0.154. The van der Waals surface area contributed by atoms with Crippen molar-refractivity contribution in [2.75, 3.05) is 6.54 Å². The van der Waals surface area contributed by atoms with E-state index in [-0.39, 0.29) is 24.3 Å². The van der Waals surface area contributed by atoms with Crippen LogP contribution in [0.15, 0.2) is 24.3 Å². The van der Waals surface area contributed by atoms with E-state index in [1.54, 1.807) is 0 Å². The molecule has 1 fully saturated rings. The van der Waals surface area contributed by atoms with Crippen molar-refractivity contribution < 1.29 is 18.0 Å². The Hall–Kier alpha value is -1.56. The van der Waals surface area contributed by atoms with Gasteiger partial charge in [0.05, 0.1) is 5.56 Å². The van der Waals surface area contributed by atoms with Crippen molar-refractivity contribution in [3.63, 3.8) is 0 Å². The van der Waals surface area contributed by atoms with Crippen LogP contribution in [0, 0.1) is 5.92 Å². The third-order valence-electron chi connectivity index (χ3n) is 4.86. The average molecular weight is 342 g/mol. The van der Waals surface area contributed by atoms with Gasteiger partial charge in [-0.25, -0.2) is 0 Å². The molecule has 134 valence electrons. The van der Waals surface area contributed by atoms with Crippen molar-refractivity contribution in [2.45, 2.75) is 57.2 Å². The van der Waals surface area contributed by atoms with E-state index in [9.17, 15) is 18.0 Å². The molecule has 0 heterocycles. The molecule has 3 N–H and O–H groups in total. The van der Waals surface area contributed by atoms with Gasteiger partial charge in [-0.2, -0.15) is 13.2 Å². The topological polar surface area (TPSA) is 55.1 Å². The molecule has 24 heavy (non-hydrogen) atoms. The van der Waals surface area contributed by atoms with E-state index in [0.717, 1.165) is 43.4 Å². The number of hydrogen-bond acceptors (Lipinski definition) is 2. The molecule has 0 aliphatic heterocycles. The fourth-order valence-electron chi connectivity index (χ4n) is 3.34. The third-order valence-corrected chi connectivity index (χ3v) is 4.86. The molecule has 0 radical (unpaired) electrons. The monoisotopic (exact) mass is 342 g/mol. The lowest BCUT2D eigenvalue weighted by atomic mass is 9.84. The van der Waals surface area contributed by atoms with E-state index in [2.05, 4.69) is 5.32 Å². The number of nitrogens with one attached hydrogen (secondary N) is 1. The molecule has 2 rings (SSSR count). The minimum Gasteiger partial charge on any atom is -0.353 e. The van der Waals surface area contributed by atoms with Crippen LogP contribution in [0.25, 0.3) is 0 Å². The summed E-state index contributed by atoms with van der Waals surface area (Å²) in [7, 11) is 0. The SMILES string of the molecule is CC(CC(=O)NC1CCCCC1CN)c1ccc(C(F)(F)F)cc1. The Bertz CT molecular complexity index is 542. The third kappa shape index (κ3) is 4.97. The smallest absolute Gasteiger partial charge is 0.353 e. The zero-order valence-electron chi connectivity index (χ0n) is 13.9. The van der Waals surface area contributed by atoms with Crippen molar-refractivity contribution in [1.29, 1.82) is 0 Å². The summed E-state index contributed by atoms with van der Waals surface area (Å²) in [4.78, 5) is 12.3. The molecular formula is C18H25F3N2O. The molecule has 0 bridgehead atoms. The van der Waals surface area contributed by atoms with Crippen LogP contribution in [0.2, 0.25) is 0 Å². The second-order valence-corrected chi connectivity index (χ2v) is 6.68. The van der Waals surface area contributed by atoms with Gasteiger partial charge >= 0.3 is 6.18 Å². The van der Waals surface area contributed by atoms with Crippen LogP contribution >= 0.6 is 0 Å². The lowest BCUT2D eigenvalue weighted by Crippen LogP contribution is -2.44. The zero-order chi connectivity index (χ0) is 17.7. The maximum Gasteiger partial charge on any atom is 0.416 e. The molecule has 0 aromatic heterocycles. The Balaban J connectivity index is 1.91. The highest BCUT2D eigenvalue weighted by Gasteiger charge is 2.30. The van der Waals surface area contributed by atoms with Gasteiger partial charge in [0, 0.05) is 12.5 Å². The Kier molecular flexibility index (Phi) is 6.27. The van der Waals surface area contributed by atoms with Crippen LogP contribution in [0.4, 0.5) is 13.2 Å². The molecule has 0 saturated heterocycles. The van der Waals surface area contributed by atoms with Crippen molar-refractivity contribution >= 4 is 5.91 Å². The first kappa shape index (κ1) is 18.8. The number of amides is 1. The number of carbonyl (C=O) groups is 1. The molecule has 1 saturated carbocycles. The number of rotatable bonds is 5. The van der Waals surface area contributed by atoms with Crippen LogP contribution in [-0.2, 0) is 11.0 Å². The summed E-state index contributed by atoms with van der Waals surface area (Å²) in [5, 5.41) is 3.06. The fourth-order valence-corrected chi connectivity index (χ4v) is 3.34. The zero-order valence-corrected chi connectivity index (χ0v) is 13.9. The van der Waals surface area contributed by atoms with Gasteiger partial charge in [0.25, 0.3) is 0 Å². The van der Waals surface area contributed by atoms with E-state index in [1.807, 2.05) is 6.92 Å². The van der Waals surface area contributed by atoms with E-state index in [4.69, 9.17) is 5.73 Å². The highest BCUT2D eigenvalue weighted by Crippen LogP contribution is 2.31. The standard InChI is InChI=1S/C18H25F3N2O/c1-12(13-6-8-15(9-7-13)18(19,20)21)10-17(24)23-16-5-3-2-4-14(16)11-22/h6-9,12,14,16H,2-5,10-11,22H2,1H3,(H,23,24). The molecule has 1 amide bonds. The molecular weight excluding hydrogens is 317 g/mol. The Labute approximate surface area is 140 Å². The summed E-state index contributed by atoms with van der Waals surface area (Å²) in [6.45, 7) is 2.42. The summed E-state index contributed by atoms with van der Waals surface area (Å²) < 4.78 is 37.8. The van der Waals surface area contributed by atoms with Gasteiger partial charge < -0.3 is 11.1 Å². The predicted octanol–water partition coefficient (Wildman–Crippen LogP) is 3.83. The van der Waals surface area contributed by atoms with Crippen LogP contribution in [-0.4, -0.2) is 18.5 Å². The largest absolute Gasteiger partial charge is 0.416 e. The summed E-state index contributed by atoms with van der Waals surface area (Å²) >= 11 is 0. The number of alkyl halides is 3. The highest BCUT2D eigenvalue weighted by molar-refractivity contribution is 5.77. The first-order valence-electron chi connectivity index (χ1n) is 8.48. The van der Waals surface area contributed by atoms with Gasteiger partial charge in [0.2, 0.25) is 5.91 Å². The van der Waals surface area contributed by atoms with Crippen molar-refractivity contribution in [3.05, 3.63) is 35.4 Å². The molecule has 1 aromatic rings. The maximum atomic E-state index is 12.6. The van der Waals surface area contributed by atoms with Crippen molar-refractivity contribution in [3.8, 4) is 0 Å². The maximum absolute atomic E-state index is 12.6. The first-order chi connectivity index (χ1) is 11.3. The predicted molar refractivity (Wildman–Crippen MR) is 87.4 cm³/mol. The average Bonchev–Trinajstić information content (AvgIpc) is 2.54. The van der Waals surface area contributed by atoms with E-state index in [0.29, 0.717) is 12.5 Å². The van der Waals surface area contributed by atoms with E-state index >= 15 is 0 Å². The molecule has 3 unspecified atom stereocenters. The Morgan fingerprint density at radius 2 is 1.88 bits per heavy atom. The van der Waals surface area contributed by atoms with Crippen LogP contribution in [0.3, 0.4) is 0 Å². The minimum atomic E-state index is -4.34. The quantitative estimate of drug-likeness (QED) is 0.854. The van der Waals surface area contributed by atoms with Gasteiger partial charge in [-0.05, 0) is 48.9 Å². The molecule has 3 nitrogen and oxygen atoms in total. The number of nitrogens with two attached hydrogens (primary N) is 1. The summed E-state index contributed by atoms with van der Waals surface area (Å²) in [6, 6.07) is 5.15. The molecule has 1 aliphatic rings. The second kappa shape index (κ2) is 8.01. The lowest BCUT2D eigenvalue weighted by Gasteiger charge is -2.31.